The highest BCUT2D eigenvalue weighted by Gasteiger charge is 2.33. The molecule has 25 heavy (non-hydrogen) atoms. The lowest BCUT2D eigenvalue weighted by Crippen LogP contribution is -2.31. The van der Waals surface area contributed by atoms with Crippen molar-refractivity contribution in [3.05, 3.63) is 59.2 Å². The van der Waals surface area contributed by atoms with E-state index in [4.69, 9.17) is 15.2 Å². The molecule has 0 aliphatic carbocycles. The van der Waals surface area contributed by atoms with Gasteiger partial charge in [0.05, 0.1) is 6.04 Å². The van der Waals surface area contributed by atoms with E-state index in [0.29, 0.717) is 25.3 Å². The van der Waals surface area contributed by atoms with Crippen molar-refractivity contribution in [1.82, 2.24) is 4.90 Å². The molecular weight excluding hydrogens is 316 g/mol. The average Bonchev–Trinajstić information content (AvgIpc) is 3.16. The maximum absolute atomic E-state index is 13.0. The Kier molecular flexibility index (Phi) is 4.32. The van der Waals surface area contributed by atoms with E-state index in [0.717, 1.165) is 42.0 Å². The minimum Gasteiger partial charge on any atom is -0.486 e. The van der Waals surface area contributed by atoms with E-state index in [1.54, 1.807) is 0 Å². The number of amides is 1. The smallest absolute Gasteiger partial charge is 0.254 e. The second kappa shape index (κ2) is 6.76. The highest BCUT2D eigenvalue weighted by atomic mass is 16.6. The first-order valence-corrected chi connectivity index (χ1v) is 8.76. The van der Waals surface area contributed by atoms with E-state index < -0.39 is 0 Å². The lowest BCUT2D eigenvalue weighted by Gasteiger charge is -2.29. The molecule has 1 saturated heterocycles. The highest BCUT2D eigenvalue weighted by molar-refractivity contribution is 5.94. The van der Waals surface area contributed by atoms with E-state index >= 15 is 0 Å². The van der Waals surface area contributed by atoms with Crippen molar-refractivity contribution >= 4 is 5.91 Å². The Balaban J connectivity index is 1.63. The Hall–Kier alpha value is -2.53. The van der Waals surface area contributed by atoms with Crippen molar-refractivity contribution in [2.45, 2.75) is 25.4 Å². The number of rotatable bonds is 3. The Bertz CT molecular complexity index is 773. The molecule has 1 atom stereocenters. The van der Waals surface area contributed by atoms with E-state index in [-0.39, 0.29) is 11.9 Å². The molecule has 2 N–H and O–H groups in total. The Morgan fingerprint density at radius 1 is 1.12 bits per heavy atom. The van der Waals surface area contributed by atoms with Crippen LogP contribution in [0, 0.1) is 0 Å². The number of nitrogens with zero attached hydrogens (tertiary/aromatic N) is 1. The Labute approximate surface area is 147 Å². The number of carbonyl (C=O) groups is 1. The van der Waals surface area contributed by atoms with Gasteiger partial charge in [0.15, 0.2) is 11.5 Å². The summed E-state index contributed by atoms with van der Waals surface area (Å²) < 4.78 is 11.5. The monoisotopic (exact) mass is 338 g/mol. The van der Waals surface area contributed by atoms with Gasteiger partial charge in [-0.05, 0) is 36.6 Å². The van der Waals surface area contributed by atoms with Crippen molar-refractivity contribution in [3.8, 4) is 11.5 Å². The second-order valence-electron chi connectivity index (χ2n) is 6.43. The first-order valence-electron chi connectivity index (χ1n) is 8.76. The van der Waals surface area contributed by atoms with Crippen LogP contribution < -0.4 is 15.2 Å². The van der Waals surface area contributed by atoms with E-state index in [9.17, 15) is 4.79 Å². The maximum Gasteiger partial charge on any atom is 0.254 e. The molecule has 1 amide bonds. The van der Waals surface area contributed by atoms with Crippen LogP contribution in [0.1, 0.15) is 40.4 Å². The van der Waals surface area contributed by atoms with Crippen molar-refractivity contribution in [3.63, 3.8) is 0 Å². The molecule has 5 nitrogen and oxygen atoms in total. The molecular formula is C20H22N2O3. The Morgan fingerprint density at radius 3 is 2.72 bits per heavy atom. The molecule has 130 valence electrons. The summed E-state index contributed by atoms with van der Waals surface area (Å²) in [5.74, 6) is 1.62. The van der Waals surface area contributed by atoms with Crippen molar-refractivity contribution < 1.29 is 14.3 Å². The van der Waals surface area contributed by atoms with Gasteiger partial charge in [-0.2, -0.15) is 0 Å². The molecule has 5 heteroatoms. The van der Waals surface area contributed by atoms with E-state index in [1.807, 2.05) is 47.4 Å². The summed E-state index contributed by atoms with van der Waals surface area (Å²) in [6.45, 7) is 2.35. The van der Waals surface area contributed by atoms with Crippen molar-refractivity contribution in [2.24, 2.45) is 5.73 Å². The van der Waals surface area contributed by atoms with Crippen LogP contribution >= 0.6 is 0 Å². The van der Waals surface area contributed by atoms with E-state index in [1.165, 1.54) is 0 Å². The van der Waals surface area contributed by atoms with Crippen molar-refractivity contribution in [1.29, 1.82) is 0 Å². The average molecular weight is 338 g/mol. The van der Waals surface area contributed by atoms with Crippen LogP contribution in [0.2, 0.25) is 0 Å². The van der Waals surface area contributed by atoms with Gasteiger partial charge in [-0.3, -0.25) is 4.79 Å². The number of likely N-dealkylation sites (tertiary alicyclic amines) is 1. The lowest BCUT2D eigenvalue weighted by atomic mass is 10.0. The molecule has 2 heterocycles. The normalized spacial score (nSPS) is 19.1. The summed E-state index contributed by atoms with van der Waals surface area (Å²) in [7, 11) is 0. The third kappa shape index (κ3) is 2.96. The van der Waals surface area contributed by atoms with E-state index in [2.05, 4.69) is 0 Å². The predicted molar refractivity (Wildman–Crippen MR) is 94.8 cm³/mol. The van der Waals surface area contributed by atoms with Crippen LogP contribution in [0.5, 0.6) is 11.5 Å². The quantitative estimate of drug-likeness (QED) is 0.934. The van der Waals surface area contributed by atoms with Gasteiger partial charge >= 0.3 is 0 Å². The number of ether oxygens (including phenoxy) is 2. The van der Waals surface area contributed by atoms with Crippen LogP contribution in [0.25, 0.3) is 0 Å². The molecule has 2 aromatic rings. The highest BCUT2D eigenvalue weighted by Crippen LogP contribution is 2.43. The zero-order valence-corrected chi connectivity index (χ0v) is 14.1. The number of para-hydroxylation sites is 1. The SMILES string of the molecule is NCc1ccc(C(=O)N2CCCC2c2cccc3c2OCCO3)cc1. The van der Waals surface area contributed by atoms with Crippen LogP contribution in [0.4, 0.5) is 0 Å². The number of hydrogen-bond donors (Lipinski definition) is 1. The van der Waals surface area contributed by atoms with Crippen LogP contribution in [0.3, 0.4) is 0 Å². The third-order valence-corrected chi connectivity index (χ3v) is 4.91. The molecule has 0 spiro atoms. The summed E-state index contributed by atoms with van der Waals surface area (Å²) in [6.07, 6.45) is 1.92. The minimum absolute atomic E-state index is 0.0262. The first-order chi connectivity index (χ1) is 12.3. The van der Waals surface area contributed by atoms with Gasteiger partial charge in [-0.25, -0.2) is 0 Å². The van der Waals surface area contributed by atoms with Gasteiger partial charge in [-0.1, -0.05) is 24.3 Å². The third-order valence-electron chi connectivity index (χ3n) is 4.91. The largest absolute Gasteiger partial charge is 0.486 e. The standard InChI is InChI=1S/C20H22N2O3/c21-13-14-6-8-15(9-7-14)20(23)22-10-2-4-17(22)16-3-1-5-18-19(16)25-12-11-24-18/h1,3,5-9,17H,2,4,10-13,21H2. The van der Waals surface area contributed by atoms with Gasteiger partial charge in [0.25, 0.3) is 5.91 Å². The van der Waals surface area contributed by atoms with Gasteiger partial charge in [0.1, 0.15) is 13.2 Å². The van der Waals surface area contributed by atoms with Crippen LogP contribution in [-0.4, -0.2) is 30.6 Å². The number of carbonyl (C=O) groups excluding carboxylic acids is 1. The molecule has 2 aliphatic heterocycles. The van der Waals surface area contributed by atoms with Crippen LogP contribution in [0.15, 0.2) is 42.5 Å². The topological polar surface area (TPSA) is 64.8 Å². The van der Waals surface area contributed by atoms with Gasteiger partial charge < -0.3 is 20.1 Å². The fourth-order valence-corrected chi connectivity index (χ4v) is 3.64. The molecule has 0 aromatic heterocycles. The molecule has 0 bridgehead atoms. The molecule has 1 unspecified atom stereocenters. The van der Waals surface area contributed by atoms with Gasteiger partial charge in [0, 0.05) is 24.2 Å². The minimum atomic E-state index is 0.0262. The zero-order chi connectivity index (χ0) is 17.2. The fraction of sp³-hybridized carbons (Fsp3) is 0.350. The van der Waals surface area contributed by atoms with Crippen LogP contribution in [-0.2, 0) is 6.54 Å². The summed E-state index contributed by atoms with van der Waals surface area (Å²) >= 11 is 0. The summed E-state index contributed by atoms with van der Waals surface area (Å²) in [4.78, 5) is 15.0. The van der Waals surface area contributed by atoms with Gasteiger partial charge in [0.2, 0.25) is 0 Å². The number of nitrogens with two attached hydrogens (primary N) is 1. The predicted octanol–water partition coefficient (Wildman–Crippen LogP) is 2.89. The summed E-state index contributed by atoms with van der Waals surface area (Å²) in [5, 5.41) is 0. The lowest BCUT2D eigenvalue weighted by molar-refractivity contribution is 0.0731. The first kappa shape index (κ1) is 16.0. The molecule has 0 radical (unpaired) electrons. The maximum atomic E-state index is 13.0. The zero-order valence-electron chi connectivity index (χ0n) is 14.1. The molecule has 4 rings (SSSR count). The summed E-state index contributed by atoms with van der Waals surface area (Å²) in [5.41, 5.74) is 8.41. The molecule has 0 saturated carbocycles. The fourth-order valence-electron chi connectivity index (χ4n) is 3.64. The number of benzene rings is 2. The number of fused-ring (bicyclic) bond motifs is 1. The second-order valence-corrected chi connectivity index (χ2v) is 6.43. The molecule has 2 aliphatic rings. The molecule has 1 fully saturated rings. The number of hydrogen-bond acceptors (Lipinski definition) is 4. The van der Waals surface area contributed by atoms with Gasteiger partial charge in [-0.15, -0.1) is 0 Å². The Morgan fingerprint density at radius 2 is 1.92 bits per heavy atom. The summed E-state index contributed by atoms with van der Waals surface area (Å²) in [6, 6.07) is 13.5. The molecule has 2 aromatic carbocycles. The van der Waals surface area contributed by atoms with Crippen molar-refractivity contribution in [2.75, 3.05) is 19.8 Å².